The van der Waals surface area contributed by atoms with Gasteiger partial charge in [-0.2, -0.15) is 0 Å². The lowest BCUT2D eigenvalue weighted by molar-refractivity contribution is 0.0714. The zero-order valence-corrected chi connectivity index (χ0v) is 14.0. The Morgan fingerprint density at radius 2 is 1.85 bits per heavy atom. The minimum atomic E-state index is -0.0776. The van der Waals surface area contributed by atoms with Crippen LogP contribution in [0.15, 0.2) is 57.8 Å². The number of carbonyl (C=O) groups is 1. The summed E-state index contributed by atoms with van der Waals surface area (Å²) in [6.45, 7) is 2.56. The van der Waals surface area contributed by atoms with Gasteiger partial charge in [-0.1, -0.05) is 12.1 Å². The van der Waals surface area contributed by atoms with Crippen LogP contribution in [0.25, 0.3) is 22.1 Å². The third kappa shape index (κ3) is 2.32. The number of benzene rings is 1. The van der Waals surface area contributed by atoms with Crippen molar-refractivity contribution < 1.29 is 13.6 Å². The quantitative estimate of drug-likeness (QED) is 0.554. The first-order valence-electron chi connectivity index (χ1n) is 8.51. The van der Waals surface area contributed by atoms with Gasteiger partial charge in [-0.3, -0.25) is 4.79 Å². The molecule has 0 aliphatic carbocycles. The van der Waals surface area contributed by atoms with Crippen LogP contribution in [0.1, 0.15) is 10.6 Å². The summed E-state index contributed by atoms with van der Waals surface area (Å²) in [4.78, 5) is 25.2. The van der Waals surface area contributed by atoms with E-state index < -0.39 is 0 Å². The highest BCUT2D eigenvalue weighted by molar-refractivity contribution is 6.05. The molecule has 4 aromatic rings. The molecule has 1 aliphatic rings. The maximum absolute atomic E-state index is 12.4. The van der Waals surface area contributed by atoms with E-state index in [1.807, 2.05) is 24.3 Å². The molecule has 26 heavy (non-hydrogen) atoms. The van der Waals surface area contributed by atoms with Gasteiger partial charge in [0.15, 0.2) is 17.2 Å². The second-order valence-corrected chi connectivity index (χ2v) is 6.23. The van der Waals surface area contributed by atoms with Crippen molar-refractivity contribution in [1.29, 1.82) is 0 Å². The monoisotopic (exact) mass is 348 g/mol. The fourth-order valence-electron chi connectivity index (χ4n) is 3.41. The minimum Gasteiger partial charge on any atom is -0.459 e. The molecule has 5 rings (SSSR count). The van der Waals surface area contributed by atoms with Gasteiger partial charge in [-0.05, 0) is 24.3 Å². The van der Waals surface area contributed by atoms with Crippen LogP contribution in [0.5, 0.6) is 0 Å². The number of piperazine rings is 1. The van der Waals surface area contributed by atoms with E-state index in [0.717, 1.165) is 22.3 Å². The molecule has 130 valence electrons. The van der Waals surface area contributed by atoms with Gasteiger partial charge in [0, 0.05) is 31.6 Å². The number of para-hydroxylation sites is 1. The molecule has 0 N–H and O–H groups in total. The van der Waals surface area contributed by atoms with Crippen LogP contribution >= 0.6 is 0 Å². The van der Waals surface area contributed by atoms with Gasteiger partial charge < -0.3 is 18.6 Å². The molecular formula is C19H16N4O3. The van der Waals surface area contributed by atoms with Crippen molar-refractivity contribution >= 4 is 33.8 Å². The van der Waals surface area contributed by atoms with E-state index in [4.69, 9.17) is 8.83 Å². The maximum Gasteiger partial charge on any atom is 0.289 e. The summed E-state index contributed by atoms with van der Waals surface area (Å²) < 4.78 is 11.2. The molecule has 0 unspecified atom stereocenters. The Balaban J connectivity index is 1.42. The number of anilines is 1. The SMILES string of the molecule is O=C(c1ccco1)N1CCN(c2ncnc3c2oc2ccccc23)CC1. The number of amides is 1. The topological polar surface area (TPSA) is 75.6 Å². The molecule has 7 heteroatoms. The molecule has 0 atom stereocenters. The third-order valence-corrected chi connectivity index (χ3v) is 4.74. The molecule has 0 spiro atoms. The predicted octanol–water partition coefficient (Wildman–Crippen LogP) is 2.93. The largest absolute Gasteiger partial charge is 0.459 e. The van der Waals surface area contributed by atoms with Gasteiger partial charge >= 0.3 is 0 Å². The first-order valence-corrected chi connectivity index (χ1v) is 8.51. The number of furan rings is 2. The molecule has 1 aliphatic heterocycles. The number of rotatable bonds is 2. The third-order valence-electron chi connectivity index (χ3n) is 4.74. The van der Waals surface area contributed by atoms with Crippen molar-refractivity contribution in [2.75, 3.05) is 31.1 Å². The van der Waals surface area contributed by atoms with Crippen LogP contribution in [0.4, 0.5) is 5.82 Å². The normalized spacial score (nSPS) is 15.1. The standard InChI is InChI=1S/C19H16N4O3/c24-19(15-6-3-11-25-15)23-9-7-22(8-10-23)18-17-16(20-12-21-18)13-4-1-2-5-14(13)26-17/h1-6,11-12H,7-10H2. The van der Waals surface area contributed by atoms with Crippen molar-refractivity contribution in [1.82, 2.24) is 14.9 Å². The van der Waals surface area contributed by atoms with Gasteiger partial charge in [0.2, 0.25) is 0 Å². The summed E-state index contributed by atoms with van der Waals surface area (Å²) in [5, 5.41) is 0.984. The van der Waals surface area contributed by atoms with Crippen LogP contribution in [0.2, 0.25) is 0 Å². The highest BCUT2D eigenvalue weighted by Crippen LogP contribution is 2.32. The van der Waals surface area contributed by atoms with E-state index >= 15 is 0 Å². The van der Waals surface area contributed by atoms with Crippen LogP contribution in [0, 0.1) is 0 Å². The van der Waals surface area contributed by atoms with E-state index in [9.17, 15) is 4.79 Å². The predicted molar refractivity (Wildman–Crippen MR) is 96.1 cm³/mol. The molecule has 0 saturated carbocycles. The van der Waals surface area contributed by atoms with Gasteiger partial charge in [0.05, 0.1) is 6.26 Å². The Hall–Kier alpha value is -3.35. The van der Waals surface area contributed by atoms with Crippen LogP contribution in [0.3, 0.4) is 0 Å². The van der Waals surface area contributed by atoms with Crippen LogP contribution < -0.4 is 4.90 Å². The van der Waals surface area contributed by atoms with Crippen LogP contribution in [-0.2, 0) is 0 Å². The fourth-order valence-corrected chi connectivity index (χ4v) is 3.41. The second kappa shape index (κ2) is 5.87. The van der Waals surface area contributed by atoms with Crippen LogP contribution in [-0.4, -0.2) is 47.0 Å². The number of hydrogen-bond donors (Lipinski definition) is 0. The highest BCUT2D eigenvalue weighted by atomic mass is 16.3. The fraction of sp³-hybridized carbons (Fsp3) is 0.211. The average molecular weight is 348 g/mol. The second-order valence-electron chi connectivity index (χ2n) is 6.23. The van der Waals surface area contributed by atoms with E-state index in [1.165, 1.54) is 6.26 Å². The molecule has 0 radical (unpaired) electrons. The van der Waals surface area contributed by atoms with E-state index in [-0.39, 0.29) is 5.91 Å². The summed E-state index contributed by atoms with van der Waals surface area (Å²) in [6, 6.07) is 11.3. The van der Waals surface area contributed by atoms with E-state index in [1.54, 1.807) is 23.4 Å². The number of fused-ring (bicyclic) bond motifs is 3. The van der Waals surface area contributed by atoms with Crippen molar-refractivity contribution in [3.8, 4) is 0 Å². The van der Waals surface area contributed by atoms with Crippen molar-refractivity contribution in [2.24, 2.45) is 0 Å². The Labute approximate surface area is 148 Å². The summed E-state index contributed by atoms with van der Waals surface area (Å²) in [7, 11) is 0. The Morgan fingerprint density at radius 1 is 1.00 bits per heavy atom. The molecule has 7 nitrogen and oxygen atoms in total. The Kier molecular flexibility index (Phi) is 3.38. The molecule has 3 aromatic heterocycles. The first-order chi connectivity index (χ1) is 12.8. The van der Waals surface area contributed by atoms with E-state index in [2.05, 4.69) is 14.9 Å². The molecule has 1 amide bonds. The number of aromatic nitrogens is 2. The van der Waals surface area contributed by atoms with Crippen molar-refractivity contribution in [3.63, 3.8) is 0 Å². The molecule has 1 aromatic carbocycles. The summed E-state index contributed by atoms with van der Waals surface area (Å²) in [5.74, 6) is 1.07. The summed E-state index contributed by atoms with van der Waals surface area (Å²) in [6.07, 6.45) is 3.09. The Bertz CT molecular complexity index is 1080. The first kappa shape index (κ1) is 14.9. The van der Waals surface area contributed by atoms with Crippen molar-refractivity contribution in [3.05, 3.63) is 54.7 Å². The van der Waals surface area contributed by atoms with Crippen molar-refractivity contribution in [2.45, 2.75) is 0 Å². The lowest BCUT2D eigenvalue weighted by atomic mass is 10.2. The number of hydrogen-bond acceptors (Lipinski definition) is 6. The number of nitrogens with zero attached hydrogens (tertiary/aromatic N) is 4. The molecule has 1 fully saturated rings. The zero-order valence-electron chi connectivity index (χ0n) is 14.0. The van der Waals surface area contributed by atoms with Gasteiger partial charge in [0.25, 0.3) is 5.91 Å². The summed E-state index contributed by atoms with van der Waals surface area (Å²) in [5.41, 5.74) is 2.31. The highest BCUT2D eigenvalue weighted by Gasteiger charge is 2.26. The number of carbonyl (C=O) groups excluding carboxylic acids is 1. The Morgan fingerprint density at radius 3 is 2.65 bits per heavy atom. The maximum atomic E-state index is 12.4. The lowest BCUT2D eigenvalue weighted by Gasteiger charge is -2.34. The molecular weight excluding hydrogens is 332 g/mol. The van der Waals surface area contributed by atoms with Gasteiger partial charge in [0.1, 0.15) is 17.4 Å². The smallest absolute Gasteiger partial charge is 0.289 e. The molecule has 1 saturated heterocycles. The lowest BCUT2D eigenvalue weighted by Crippen LogP contribution is -2.49. The minimum absolute atomic E-state index is 0.0776. The summed E-state index contributed by atoms with van der Waals surface area (Å²) >= 11 is 0. The van der Waals surface area contributed by atoms with Gasteiger partial charge in [-0.15, -0.1) is 0 Å². The van der Waals surface area contributed by atoms with Gasteiger partial charge in [-0.25, -0.2) is 9.97 Å². The zero-order chi connectivity index (χ0) is 17.5. The molecule has 4 heterocycles. The average Bonchev–Trinajstić information content (AvgIpc) is 3.35. The van der Waals surface area contributed by atoms with E-state index in [0.29, 0.717) is 37.5 Å². The molecule has 0 bridgehead atoms.